The molecule has 2 aromatic carbocycles. The van der Waals surface area contributed by atoms with Crippen molar-refractivity contribution in [3.8, 4) is 5.75 Å². The zero-order valence-corrected chi connectivity index (χ0v) is 14.1. The van der Waals surface area contributed by atoms with E-state index in [0.29, 0.717) is 13.0 Å². The van der Waals surface area contributed by atoms with Gasteiger partial charge in [-0.25, -0.2) is 8.78 Å². The Labute approximate surface area is 140 Å². The predicted molar refractivity (Wildman–Crippen MR) is 89.2 cm³/mol. The molecule has 0 radical (unpaired) electrons. The van der Waals surface area contributed by atoms with Crippen LogP contribution in [0, 0.1) is 11.6 Å². The summed E-state index contributed by atoms with van der Waals surface area (Å²) in [6.45, 7) is 4.12. The zero-order chi connectivity index (χ0) is 17.7. The summed E-state index contributed by atoms with van der Waals surface area (Å²) in [6, 6.07) is 10.3. The van der Waals surface area contributed by atoms with Crippen molar-refractivity contribution in [3.63, 3.8) is 0 Å². The van der Waals surface area contributed by atoms with Crippen molar-refractivity contribution in [2.75, 3.05) is 13.7 Å². The van der Waals surface area contributed by atoms with Gasteiger partial charge < -0.3 is 9.64 Å². The number of ether oxygens (including phenoxy) is 1. The summed E-state index contributed by atoms with van der Waals surface area (Å²) < 4.78 is 32.3. The van der Waals surface area contributed by atoms with Gasteiger partial charge in [0.15, 0.2) is 0 Å². The van der Waals surface area contributed by atoms with Crippen LogP contribution in [0.4, 0.5) is 8.78 Å². The third-order valence-electron chi connectivity index (χ3n) is 3.98. The minimum absolute atomic E-state index is 0.154. The quantitative estimate of drug-likeness (QED) is 0.798. The Balaban J connectivity index is 2.16. The van der Waals surface area contributed by atoms with Gasteiger partial charge in [-0.15, -0.1) is 0 Å². The highest BCUT2D eigenvalue weighted by atomic mass is 19.1. The minimum Gasteiger partial charge on any atom is -0.497 e. The molecule has 0 aliphatic carbocycles. The first-order valence-corrected chi connectivity index (χ1v) is 7.85. The molecule has 3 nitrogen and oxygen atoms in total. The lowest BCUT2D eigenvalue weighted by atomic mass is 10.0. The SMILES string of the molecule is CCN(C(=O)c1cc(F)ccc1F)C(C)Cc1ccc(OC)cc1. The molecule has 0 aliphatic rings. The van der Waals surface area contributed by atoms with Crippen LogP contribution in [0.15, 0.2) is 42.5 Å². The van der Waals surface area contributed by atoms with Crippen molar-refractivity contribution < 1.29 is 18.3 Å². The monoisotopic (exact) mass is 333 g/mol. The molecule has 0 spiro atoms. The van der Waals surface area contributed by atoms with Crippen LogP contribution in [0.5, 0.6) is 5.75 Å². The second-order valence-electron chi connectivity index (χ2n) is 5.62. The highest BCUT2D eigenvalue weighted by Gasteiger charge is 2.23. The molecular formula is C19H21F2NO2. The Morgan fingerprint density at radius 3 is 2.42 bits per heavy atom. The number of methoxy groups -OCH3 is 1. The molecule has 128 valence electrons. The van der Waals surface area contributed by atoms with Gasteiger partial charge in [0, 0.05) is 12.6 Å². The Bertz CT molecular complexity index is 701. The van der Waals surface area contributed by atoms with E-state index in [1.54, 1.807) is 12.0 Å². The van der Waals surface area contributed by atoms with E-state index in [4.69, 9.17) is 4.74 Å². The number of hydrogen-bond acceptors (Lipinski definition) is 2. The van der Waals surface area contributed by atoms with Crippen LogP contribution in [-0.4, -0.2) is 30.5 Å². The number of amides is 1. The van der Waals surface area contributed by atoms with E-state index in [0.717, 1.165) is 29.5 Å². The average molecular weight is 333 g/mol. The third kappa shape index (κ3) is 4.10. The van der Waals surface area contributed by atoms with E-state index in [-0.39, 0.29) is 11.6 Å². The van der Waals surface area contributed by atoms with Gasteiger partial charge in [0.1, 0.15) is 17.4 Å². The van der Waals surface area contributed by atoms with Crippen molar-refractivity contribution in [2.24, 2.45) is 0 Å². The number of carbonyl (C=O) groups is 1. The van der Waals surface area contributed by atoms with Gasteiger partial charge in [0.05, 0.1) is 12.7 Å². The van der Waals surface area contributed by atoms with Crippen molar-refractivity contribution in [3.05, 3.63) is 65.2 Å². The van der Waals surface area contributed by atoms with Gasteiger partial charge in [-0.2, -0.15) is 0 Å². The molecule has 5 heteroatoms. The van der Waals surface area contributed by atoms with Gasteiger partial charge in [-0.1, -0.05) is 12.1 Å². The first-order valence-electron chi connectivity index (χ1n) is 7.85. The van der Waals surface area contributed by atoms with E-state index < -0.39 is 17.5 Å². The molecule has 0 aromatic heterocycles. The van der Waals surface area contributed by atoms with Gasteiger partial charge in [0.2, 0.25) is 0 Å². The van der Waals surface area contributed by atoms with Crippen LogP contribution in [0.3, 0.4) is 0 Å². The molecule has 24 heavy (non-hydrogen) atoms. The topological polar surface area (TPSA) is 29.5 Å². The molecule has 0 saturated carbocycles. The summed E-state index contributed by atoms with van der Waals surface area (Å²) in [6.07, 6.45) is 0.612. The smallest absolute Gasteiger partial charge is 0.257 e. The molecule has 2 rings (SSSR count). The van der Waals surface area contributed by atoms with Crippen molar-refractivity contribution in [2.45, 2.75) is 26.3 Å². The van der Waals surface area contributed by atoms with Crippen LogP contribution >= 0.6 is 0 Å². The fourth-order valence-corrected chi connectivity index (χ4v) is 2.68. The summed E-state index contributed by atoms with van der Waals surface area (Å²) in [5, 5.41) is 0. The predicted octanol–water partition coefficient (Wildman–Crippen LogP) is 4.07. The largest absolute Gasteiger partial charge is 0.497 e. The number of benzene rings is 2. The lowest BCUT2D eigenvalue weighted by Crippen LogP contribution is -2.40. The summed E-state index contributed by atoms with van der Waals surface area (Å²) in [5.74, 6) is -1.08. The Morgan fingerprint density at radius 1 is 1.17 bits per heavy atom. The third-order valence-corrected chi connectivity index (χ3v) is 3.98. The van der Waals surface area contributed by atoms with Gasteiger partial charge in [-0.3, -0.25) is 4.79 Å². The van der Waals surface area contributed by atoms with Crippen molar-refractivity contribution in [1.29, 1.82) is 0 Å². The molecule has 0 fully saturated rings. The second-order valence-corrected chi connectivity index (χ2v) is 5.62. The maximum atomic E-state index is 13.9. The summed E-state index contributed by atoms with van der Waals surface area (Å²) in [5.41, 5.74) is 0.799. The molecule has 1 unspecified atom stereocenters. The molecule has 2 aromatic rings. The number of rotatable bonds is 6. The standard InChI is InChI=1S/C19H21F2NO2/c1-4-22(19(23)17-12-15(20)7-10-18(17)21)13(2)11-14-5-8-16(24-3)9-6-14/h5-10,12-13H,4,11H2,1-3H3. The molecule has 0 bridgehead atoms. The van der Waals surface area contributed by atoms with Crippen LogP contribution in [0.25, 0.3) is 0 Å². The molecule has 1 amide bonds. The molecule has 0 heterocycles. The summed E-state index contributed by atoms with van der Waals surface area (Å²) >= 11 is 0. The van der Waals surface area contributed by atoms with Gasteiger partial charge in [0.25, 0.3) is 5.91 Å². The molecule has 0 aliphatic heterocycles. The molecule has 0 saturated heterocycles. The lowest BCUT2D eigenvalue weighted by molar-refractivity contribution is 0.0698. The first-order chi connectivity index (χ1) is 11.5. The Hall–Kier alpha value is -2.43. The zero-order valence-electron chi connectivity index (χ0n) is 14.1. The first kappa shape index (κ1) is 17.9. The molecule has 0 N–H and O–H groups in total. The number of hydrogen-bond donors (Lipinski definition) is 0. The van der Waals surface area contributed by atoms with Crippen LogP contribution in [-0.2, 0) is 6.42 Å². The number of nitrogens with zero attached hydrogens (tertiary/aromatic N) is 1. The Morgan fingerprint density at radius 2 is 1.83 bits per heavy atom. The van der Waals surface area contributed by atoms with Gasteiger partial charge in [-0.05, 0) is 56.2 Å². The second kappa shape index (κ2) is 7.90. The lowest BCUT2D eigenvalue weighted by Gasteiger charge is -2.28. The Kier molecular flexibility index (Phi) is 5.90. The normalized spacial score (nSPS) is 11.9. The molecular weight excluding hydrogens is 312 g/mol. The number of halogens is 2. The molecule has 1 atom stereocenters. The number of likely N-dealkylation sites (N-methyl/N-ethyl adjacent to an activating group) is 1. The minimum atomic E-state index is -0.712. The summed E-state index contributed by atoms with van der Waals surface area (Å²) in [7, 11) is 1.60. The van der Waals surface area contributed by atoms with Gasteiger partial charge >= 0.3 is 0 Å². The fourth-order valence-electron chi connectivity index (χ4n) is 2.68. The van der Waals surface area contributed by atoms with Crippen molar-refractivity contribution >= 4 is 5.91 Å². The fraction of sp³-hybridized carbons (Fsp3) is 0.316. The maximum absolute atomic E-state index is 13.9. The highest BCUT2D eigenvalue weighted by Crippen LogP contribution is 2.18. The summed E-state index contributed by atoms with van der Waals surface area (Å²) in [4.78, 5) is 14.1. The van der Waals surface area contributed by atoms with E-state index >= 15 is 0 Å². The van der Waals surface area contributed by atoms with E-state index in [1.165, 1.54) is 0 Å². The van der Waals surface area contributed by atoms with Crippen molar-refractivity contribution in [1.82, 2.24) is 4.90 Å². The van der Waals surface area contributed by atoms with E-state index in [2.05, 4.69) is 0 Å². The highest BCUT2D eigenvalue weighted by molar-refractivity contribution is 5.94. The van der Waals surface area contributed by atoms with Crippen LogP contribution in [0.1, 0.15) is 29.8 Å². The van der Waals surface area contributed by atoms with E-state index in [1.807, 2.05) is 38.1 Å². The van der Waals surface area contributed by atoms with Crippen LogP contribution in [0.2, 0.25) is 0 Å². The number of carbonyl (C=O) groups excluding carboxylic acids is 1. The maximum Gasteiger partial charge on any atom is 0.257 e. The van der Waals surface area contributed by atoms with Crippen LogP contribution < -0.4 is 4.74 Å². The average Bonchev–Trinajstić information content (AvgIpc) is 2.58. The van der Waals surface area contributed by atoms with E-state index in [9.17, 15) is 13.6 Å².